The van der Waals surface area contributed by atoms with E-state index in [2.05, 4.69) is 34.4 Å². The van der Waals surface area contributed by atoms with Crippen LogP contribution in [0.15, 0.2) is 24.3 Å². The first-order valence-corrected chi connectivity index (χ1v) is 7.50. The van der Waals surface area contributed by atoms with Gasteiger partial charge in [-0.15, -0.1) is 24.8 Å². The molecule has 1 aromatic carbocycles. The van der Waals surface area contributed by atoms with Gasteiger partial charge < -0.3 is 15.6 Å². The van der Waals surface area contributed by atoms with Gasteiger partial charge in [0.05, 0.1) is 17.1 Å². The zero-order valence-electron chi connectivity index (χ0n) is 13.8. The number of nitrogens with one attached hydrogen (secondary N) is 3. The van der Waals surface area contributed by atoms with Crippen LogP contribution < -0.4 is 10.6 Å². The van der Waals surface area contributed by atoms with Crippen LogP contribution in [0.5, 0.6) is 0 Å². The highest BCUT2D eigenvalue weighted by Gasteiger charge is 2.21. The number of amides is 1. The number of aromatic nitrogens is 2. The van der Waals surface area contributed by atoms with Gasteiger partial charge >= 0.3 is 0 Å². The number of carbonyl (C=O) groups excluding carboxylic acids is 1. The Bertz CT molecular complexity index is 568. The van der Waals surface area contributed by atoms with Crippen molar-refractivity contribution >= 4 is 41.8 Å². The first-order valence-electron chi connectivity index (χ1n) is 7.50. The molecule has 1 amide bonds. The molecule has 7 heteroatoms. The summed E-state index contributed by atoms with van der Waals surface area (Å²) in [5, 5.41) is 6.14. The molecule has 0 radical (unpaired) electrons. The van der Waals surface area contributed by atoms with Crippen LogP contribution in [0.4, 0.5) is 0 Å². The Morgan fingerprint density at radius 1 is 1.26 bits per heavy atom. The summed E-state index contributed by atoms with van der Waals surface area (Å²) in [6, 6.07) is 7.83. The summed E-state index contributed by atoms with van der Waals surface area (Å²) >= 11 is 0. The largest absolute Gasteiger partial charge is 0.346 e. The number of hydrogen-bond donors (Lipinski definition) is 3. The SMILES string of the molecule is CNCCCC(=O)NC(c1nc2ccccc2[nH]1)C(C)C.Cl.Cl. The third-order valence-electron chi connectivity index (χ3n) is 3.52. The molecule has 0 aliphatic carbocycles. The normalized spacial score (nSPS) is 11.7. The molecule has 0 saturated heterocycles. The lowest BCUT2D eigenvalue weighted by atomic mass is 10.0. The van der Waals surface area contributed by atoms with Crippen LogP contribution in [0.2, 0.25) is 0 Å². The monoisotopic (exact) mass is 360 g/mol. The van der Waals surface area contributed by atoms with E-state index in [4.69, 9.17) is 0 Å². The zero-order chi connectivity index (χ0) is 15.2. The molecule has 23 heavy (non-hydrogen) atoms. The van der Waals surface area contributed by atoms with Crippen LogP contribution in [0.1, 0.15) is 38.6 Å². The van der Waals surface area contributed by atoms with E-state index in [0.29, 0.717) is 6.42 Å². The quantitative estimate of drug-likeness (QED) is 0.663. The Labute approximate surface area is 149 Å². The number of nitrogens with zero attached hydrogens (tertiary/aromatic N) is 1. The van der Waals surface area contributed by atoms with Gasteiger partial charge in [-0.1, -0.05) is 26.0 Å². The van der Waals surface area contributed by atoms with Crippen molar-refractivity contribution in [3.63, 3.8) is 0 Å². The number of halogens is 2. The maximum atomic E-state index is 12.0. The molecule has 1 unspecified atom stereocenters. The Balaban J connectivity index is 0.00000242. The second kappa shape index (κ2) is 10.5. The van der Waals surface area contributed by atoms with E-state index in [1.54, 1.807) is 0 Å². The Morgan fingerprint density at radius 3 is 2.57 bits per heavy atom. The number of aromatic amines is 1. The van der Waals surface area contributed by atoms with Gasteiger partial charge in [-0.2, -0.15) is 0 Å². The fraction of sp³-hybridized carbons (Fsp3) is 0.500. The van der Waals surface area contributed by atoms with Gasteiger partial charge in [0, 0.05) is 6.42 Å². The fourth-order valence-electron chi connectivity index (χ4n) is 2.34. The van der Waals surface area contributed by atoms with Crippen molar-refractivity contribution in [2.75, 3.05) is 13.6 Å². The highest BCUT2D eigenvalue weighted by atomic mass is 35.5. The van der Waals surface area contributed by atoms with E-state index >= 15 is 0 Å². The topological polar surface area (TPSA) is 69.8 Å². The molecule has 0 saturated carbocycles. The van der Waals surface area contributed by atoms with Crippen LogP contribution in [0.3, 0.4) is 0 Å². The predicted molar refractivity (Wildman–Crippen MR) is 99.5 cm³/mol. The third kappa shape index (κ3) is 6.01. The minimum absolute atomic E-state index is 0. The summed E-state index contributed by atoms with van der Waals surface area (Å²) in [5.41, 5.74) is 1.94. The number of hydrogen-bond acceptors (Lipinski definition) is 3. The summed E-state index contributed by atoms with van der Waals surface area (Å²) in [4.78, 5) is 20.0. The molecule has 3 N–H and O–H groups in total. The van der Waals surface area contributed by atoms with Crippen LogP contribution >= 0.6 is 24.8 Å². The number of carbonyl (C=O) groups is 1. The molecule has 2 rings (SSSR count). The van der Waals surface area contributed by atoms with Crippen molar-refractivity contribution in [1.82, 2.24) is 20.6 Å². The maximum absolute atomic E-state index is 12.0. The van der Waals surface area contributed by atoms with E-state index in [9.17, 15) is 4.79 Å². The van der Waals surface area contributed by atoms with Crippen molar-refractivity contribution < 1.29 is 4.79 Å². The molecule has 0 aliphatic heterocycles. The molecule has 1 atom stereocenters. The van der Waals surface area contributed by atoms with Gasteiger partial charge in [0.2, 0.25) is 5.91 Å². The van der Waals surface area contributed by atoms with Crippen molar-refractivity contribution in [3.8, 4) is 0 Å². The number of H-pyrrole nitrogens is 1. The molecular weight excluding hydrogens is 335 g/mol. The highest BCUT2D eigenvalue weighted by Crippen LogP contribution is 2.22. The summed E-state index contributed by atoms with van der Waals surface area (Å²) in [6.45, 7) is 5.03. The molecule has 0 bridgehead atoms. The van der Waals surface area contributed by atoms with Crippen molar-refractivity contribution in [1.29, 1.82) is 0 Å². The second-order valence-electron chi connectivity index (χ2n) is 5.64. The summed E-state index contributed by atoms with van der Waals surface area (Å²) < 4.78 is 0. The van der Waals surface area contributed by atoms with E-state index < -0.39 is 0 Å². The first kappa shape index (κ1) is 21.7. The summed E-state index contributed by atoms with van der Waals surface area (Å²) in [7, 11) is 1.89. The second-order valence-corrected chi connectivity index (χ2v) is 5.64. The minimum atomic E-state index is -0.0838. The minimum Gasteiger partial charge on any atom is -0.346 e. The maximum Gasteiger partial charge on any atom is 0.220 e. The fourth-order valence-corrected chi connectivity index (χ4v) is 2.34. The van der Waals surface area contributed by atoms with E-state index in [1.165, 1.54) is 0 Å². The van der Waals surface area contributed by atoms with Gasteiger partial charge in [0.25, 0.3) is 0 Å². The predicted octanol–water partition coefficient (Wildman–Crippen LogP) is 3.22. The average molecular weight is 361 g/mol. The molecule has 5 nitrogen and oxygen atoms in total. The lowest BCUT2D eigenvalue weighted by Gasteiger charge is -2.20. The van der Waals surface area contributed by atoms with Gasteiger partial charge in [0.1, 0.15) is 5.82 Å². The van der Waals surface area contributed by atoms with Gasteiger partial charge in [-0.3, -0.25) is 4.79 Å². The van der Waals surface area contributed by atoms with E-state index in [-0.39, 0.29) is 42.7 Å². The number of imidazole rings is 1. The standard InChI is InChI=1S/C16H24N4O.2ClH/c1-11(2)15(20-14(21)9-6-10-17-3)16-18-12-7-4-5-8-13(12)19-16;;/h4-5,7-8,11,15,17H,6,9-10H2,1-3H3,(H,18,19)(H,20,21);2*1H. The van der Waals surface area contributed by atoms with Crippen molar-refractivity contribution in [3.05, 3.63) is 30.1 Å². The van der Waals surface area contributed by atoms with E-state index in [1.807, 2.05) is 31.3 Å². The zero-order valence-corrected chi connectivity index (χ0v) is 15.4. The Kier molecular flexibility index (Phi) is 9.88. The lowest BCUT2D eigenvalue weighted by Crippen LogP contribution is -2.32. The van der Waals surface area contributed by atoms with Gasteiger partial charge in [-0.05, 0) is 38.1 Å². The van der Waals surface area contributed by atoms with Crippen LogP contribution in [-0.4, -0.2) is 29.5 Å². The van der Waals surface area contributed by atoms with Crippen molar-refractivity contribution in [2.45, 2.75) is 32.7 Å². The smallest absolute Gasteiger partial charge is 0.220 e. The molecule has 1 heterocycles. The molecule has 0 spiro atoms. The number of fused-ring (bicyclic) bond motifs is 1. The molecule has 130 valence electrons. The van der Waals surface area contributed by atoms with Crippen molar-refractivity contribution in [2.24, 2.45) is 5.92 Å². The lowest BCUT2D eigenvalue weighted by molar-refractivity contribution is -0.122. The third-order valence-corrected chi connectivity index (χ3v) is 3.52. The van der Waals surface area contributed by atoms with E-state index in [0.717, 1.165) is 29.8 Å². The summed E-state index contributed by atoms with van der Waals surface area (Å²) in [5.74, 6) is 1.18. The van der Waals surface area contributed by atoms with Crippen LogP contribution in [0, 0.1) is 5.92 Å². The molecule has 2 aromatic rings. The number of benzene rings is 1. The van der Waals surface area contributed by atoms with Gasteiger partial charge in [0.15, 0.2) is 0 Å². The number of rotatable bonds is 7. The molecule has 0 aliphatic rings. The molecular formula is C16H26Cl2N4O. The molecule has 0 fully saturated rings. The van der Waals surface area contributed by atoms with Crippen LogP contribution in [-0.2, 0) is 4.79 Å². The Hall–Kier alpha value is -1.30. The molecule has 1 aromatic heterocycles. The van der Waals surface area contributed by atoms with Crippen LogP contribution in [0.25, 0.3) is 11.0 Å². The average Bonchev–Trinajstić information content (AvgIpc) is 2.88. The first-order chi connectivity index (χ1) is 10.1. The van der Waals surface area contributed by atoms with Gasteiger partial charge in [-0.25, -0.2) is 4.98 Å². The highest BCUT2D eigenvalue weighted by molar-refractivity contribution is 5.85. The summed E-state index contributed by atoms with van der Waals surface area (Å²) in [6.07, 6.45) is 1.37. The Morgan fingerprint density at radius 2 is 1.96 bits per heavy atom. The number of para-hydroxylation sites is 2.